The summed E-state index contributed by atoms with van der Waals surface area (Å²) >= 11 is 6.30. The predicted molar refractivity (Wildman–Crippen MR) is 119 cm³/mol. The molecule has 0 saturated carbocycles. The van der Waals surface area contributed by atoms with E-state index in [1.165, 1.54) is 4.31 Å². The number of para-hydroxylation sites is 2. The zero-order valence-electron chi connectivity index (χ0n) is 18.0. The van der Waals surface area contributed by atoms with E-state index in [1.54, 1.807) is 49.4 Å². The molecule has 2 atom stereocenters. The van der Waals surface area contributed by atoms with Crippen LogP contribution in [0, 0.1) is 6.92 Å². The van der Waals surface area contributed by atoms with Gasteiger partial charge in [-0.25, -0.2) is 8.42 Å². The first-order chi connectivity index (χ1) is 14.5. The average molecular weight is 470 g/mol. The number of aryl methyl sites for hydroxylation is 1. The summed E-state index contributed by atoms with van der Waals surface area (Å²) in [5.74, 6) is 0.461. The molecule has 2 aromatic carbocycles. The first-order valence-electron chi connectivity index (χ1n) is 9.96. The first kappa shape index (κ1) is 23.8. The number of fused-ring (bicyclic) bond motifs is 1. The van der Waals surface area contributed by atoms with Crippen molar-refractivity contribution in [1.82, 2.24) is 0 Å². The SMILES string of the molecule is Cc1cccc(Cl)c1S(=O)(=O)N1c2ccccc2OCC1COCC(O)OC(C)(C)C. The van der Waals surface area contributed by atoms with Crippen LogP contribution in [0.1, 0.15) is 26.3 Å². The van der Waals surface area contributed by atoms with E-state index in [9.17, 15) is 13.5 Å². The molecule has 2 aromatic rings. The van der Waals surface area contributed by atoms with Crippen LogP contribution in [0.4, 0.5) is 5.69 Å². The molecule has 170 valence electrons. The lowest BCUT2D eigenvalue weighted by atomic mass is 10.2. The Morgan fingerprint density at radius 1 is 1.23 bits per heavy atom. The quantitative estimate of drug-likeness (QED) is 0.621. The van der Waals surface area contributed by atoms with Crippen LogP contribution in [-0.4, -0.2) is 51.3 Å². The Hall–Kier alpha value is -1.84. The van der Waals surface area contributed by atoms with E-state index >= 15 is 0 Å². The van der Waals surface area contributed by atoms with Gasteiger partial charge in [-0.2, -0.15) is 0 Å². The Morgan fingerprint density at radius 2 is 1.94 bits per heavy atom. The van der Waals surface area contributed by atoms with Crippen molar-refractivity contribution in [2.45, 2.75) is 50.5 Å². The Labute approximate surface area is 188 Å². The fourth-order valence-electron chi connectivity index (χ4n) is 3.44. The van der Waals surface area contributed by atoms with Gasteiger partial charge in [-0.15, -0.1) is 0 Å². The summed E-state index contributed by atoms with van der Waals surface area (Å²) < 4.78 is 45.6. The molecular weight excluding hydrogens is 442 g/mol. The Balaban J connectivity index is 1.90. The highest BCUT2D eigenvalue weighted by molar-refractivity contribution is 7.93. The van der Waals surface area contributed by atoms with Gasteiger partial charge in [0.2, 0.25) is 0 Å². The van der Waals surface area contributed by atoms with E-state index in [-0.39, 0.29) is 29.7 Å². The minimum atomic E-state index is -4.02. The van der Waals surface area contributed by atoms with Crippen LogP contribution in [0.5, 0.6) is 5.75 Å². The maximum absolute atomic E-state index is 13.7. The molecule has 0 fully saturated rings. The fourth-order valence-corrected chi connectivity index (χ4v) is 5.87. The van der Waals surface area contributed by atoms with Gasteiger partial charge < -0.3 is 19.3 Å². The van der Waals surface area contributed by atoms with Gasteiger partial charge in [-0.3, -0.25) is 4.31 Å². The Bertz CT molecular complexity index is 1000. The number of hydrogen-bond donors (Lipinski definition) is 1. The Kier molecular flexibility index (Phi) is 7.18. The van der Waals surface area contributed by atoms with Crippen molar-refractivity contribution in [3.05, 3.63) is 53.1 Å². The summed E-state index contributed by atoms with van der Waals surface area (Å²) in [5, 5.41) is 10.2. The second-order valence-electron chi connectivity index (χ2n) is 8.34. The predicted octanol–water partition coefficient (Wildman–Crippen LogP) is 3.75. The molecule has 7 nitrogen and oxygen atoms in total. The lowest BCUT2D eigenvalue weighted by Crippen LogP contribution is -2.49. The number of aliphatic hydroxyl groups is 1. The van der Waals surface area contributed by atoms with E-state index < -0.39 is 28.0 Å². The average Bonchev–Trinajstić information content (AvgIpc) is 2.65. The van der Waals surface area contributed by atoms with E-state index in [0.29, 0.717) is 17.0 Å². The second kappa shape index (κ2) is 9.34. The molecule has 1 N–H and O–H groups in total. The normalized spacial score (nSPS) is 17.7. The molecule has 3 rings (SSSR count). The highest BCUT2D eigenvalue weighted by Crippen LogP contribution is 2.39. The van der Waals surface area contributed by atoms with Crippen LogP contribution < -0.4 is 9.04 Å². The van der Waals surface area contributed by atoms with E-state index in [2.05, 4.69) is 0 Å². The first-order valence-corrected chi connectivity index (χ1v) is 11.8. The lowest BCUT2D eigenvalue weighted by molar-refractivity contribution is -0.191. The van der Waals surface area contributed by atoms with Crippen molar-refractivity contribution < 1.29 is 27.7 Å². The minimum absolute atomic E-state index is 0.00161. The van der Waals surface area contributed by atoms with Crippen LogP contribution in [0.2, 0.25) is 5.02 Å². The maximum atomic E-state index is 13.7. The zero-order valence-corrected chi connectivity index (χ0v) is 19.6. The van der Waals surface area contributed by atoms with Gasteiger partial charge >= 0.3 is 0 Å². The molecule has 0 aliphatic carbocycles. The summed E-state index contributed by atoms with van der Waals surface area (Å²) in [6.45, 7) is 7.16. The summed E-state index contributed by atoms with van der Waals surface area (Å²) in [6, 6.07) is 11.2. The van der Waals surface area contributed by atoms with Gasteiger partial charge in [-0.1, -0.05) is 35.9 Å². The smallest absolute Gasteiger partial charge is 0.266 e. The third-order valence-corrected chi connectivity index (χ3v) is 7.10. The van der Waals surface area contributed by atoms with Gasteiger partial charge in [0.25, 0.3) is 10.0 Å². The number of sulfonamides is 1. The van der Waals surface area contributed by atoms with E-state index in [0.717, 1.165) is 0 Å². The number of hydrogen-bond acceptors (Lipinski definition) is 6. The lowest BCUT2D eigenvalue weighted by Gasteiger charge is -2.37. The summed E-state index contributed by atoms with van der Waals surface area (Å²) in [6.07, 6.45) is -1.13. The van der Waals surface area contributed by atoms with Crippen molar-refractivity contribution >= 4 is 27.3 Å². The van der Waals surface area contributed by atoms with E-state index in [1.807, 2.05) is 20.8 Å². The van der Waals surface area contributed by atoms with Crippen LogP contribution in [0.25, 0.3) is 0 Å². The van der Waals surface area contributed by atoms with Crippen molar-refractivity contribution in [2.24, 2.45) is 0 Å². The molecule has 31 heavy (non-hydrogen) atoms. The molecule has 0 bridgehead atoms. The fraction of sp³-hybridized carbons (Fsp3) is 0.455. The maximum Gasteiger partial charge on any atom is 0.266 e. The topological polar surface area (TPSA) is 85.3 Å². The number of rotatable bonds is 7. The second-order valence-corrected chi connectivity index (χ2v) is 10.5. The van der Waals surface area contributed by atoms with Crippen molar-refractivity contribution in [3.8, 4) is 5.75 Å². The molecule has 2 unspecified atom stereocenters. The third kappa shape index (κ3) is 5.51. The third-order valence-electron chi connectivity index (χ3n) is 4.61. The molecule has 1 aliphatic rings. The molecule has 1 heterocycles. The van der Waals surface area contributed by atoms with Crippen molar-refractivity contribution in [2.75, 3.05) is 24.1 Å². The summed E-state index contributed by atoms with van der Waals surface area (Å²) in [5.41, 5.74) is 0.422. The van der Waals surface area contributed by atoms with Gasteiger partial charge in [0.15, 0.2) is 6.29 Å². The number of ether oxygens (including phenoxy) is 3. The Morgan fingerprint density at radius 3 is 2.61 bits per heavy atom. The molecular formula is C22H28ClNO6S. The number of nitrogens with zero attached hydrogens (tertiary/aromatic N) is 1. The summed E-state index contributed by atoms with van der Waals surface area (Å²) in [7, 11) is -4.02. The standard InChI is InChI=1S/C22H28ClNO6S/c1-15-8-7-9-17(23)21(15)31(26,27)24-16(12-28-14-20(25)30-22(2,3)4)13-29-19-11-6-5-10-18(19)24/h5-11,16,20,25H,12-14H2,1-4H3. The molecule has 0 spiro atoms. The molecule has 0 saturated heterocycles. The monoisotopic (exact) mass is 469 g/mol. The molecule has 0 amide bonds. The highest BCUT2D eigenvalue weighted by atomic mass is 35.5. The number of benzene rings is 2. The van der Waals surface area contributed by atoms with Crippen LogP contribution >= 0.6 is 11.6 Å². The van der Waals surface area contributed by atoms with Crippen LogP contribution in [0.15, 0.2) is 47.4 Å². The molecule has 0 aromatic heterocycles. The number of anilines is 1. The molecule has 9 heteroatoms. The molecule has 0 radical (unpaired) electrons. The summed E-state index contributed by atoms with van der Waals surface area (Å²) in [4.78, 5) is 0.0504. The van der Waals surface area contributed by atoms with Gasteiger partial charge in [0.1, 0.15) is 23.3 Å². The van der Waals surface area contributed by atoms with Gasteiger partial charge in [0, 0.05) is 0 Å². The number of aliphatic hydroxyl groups excluding tert-OH is 1. The number of halogens is 1. The van der Waals surface area contributed by atoms with Gasteiger partial charge in [-0.05, 0) is 51.5 Å². The molecule has 1 aliphatic heterocycles. The van der Waals surface area contributed by atoms with E-state index in [4.69, 9.17) is 25.8 Å². The van der Waals surface area contributed by atoms with Gasteiger partial charge in [0.05, 0.1) is 29.5 Å². The largest absolute Gasteiger partial charge is 0.489 e. The van der Waals surface area contributed by atoms with Crippen LogP contribution in [0.3, 0.4) is 0 Å². The van der Waals surface area contributed by atoms with Crippen molar-refractivity contribution in [3.63, 3.8) is 0 Å². The zero-order chi connectivity index (χ0) is 22.8. The minimum Gasteiger partial charge on any atom is -0.489 e. The van der Waals surface area contributed by atoms with Crippen molar-refractivity contribution in [1.29, 1.82) is 0 Å². The highest BCUT2D eigenvalue weighted by Gasteiger charge is 2.39. The van der Waals surface area contributed by atoms with Crippen LogP contribution in [-0.2, 0) is 19.5 Å².